The van der Waals surface area contributed by atoms with Crippen LogP contribution in [0.5, 0.6) is 0 Å². The first-order valence-corrected chi connectivity index (χ1v) is 5.41. The Bertz CT molecular complexity index is 437. The fourth-order valence-electron chi connectivity index (χ4n) is 1.47. The van der Waals surface area contributed by atoms with Crippen LogP contribution >= 0.6 is 23.2 Å². The predicted molar refractivity (Wildman–Crippen MR) is 60.1 cm³/mol. The van der Waals surface area contributed by atoms with E-state index in [0.29, 0.717) is 5.88 Å². The summed E-state index contributed by atoms with van der Waals surface area (Å²) in [6.07, 6.45) is 1.86. The highest BCUT2D eigenvalue weighted by molar-refractivity contribution is 6.31. The number of hydrogen-bond donors (Lipinski definition) is 1. The summed E-state index contributed by atoms with van der Waals surface area (Å²) in [5, 5.41) is 9.06. The van der Waals surface area contributed by atoms with Crippen molar-refractivity contribution >= 4 is 34.1 Å². The van der Waals surface area contributed by atoms with Crippen LogP contribution in [-0.4, -0.2) is 16.1 Å². The van der Waals surface area contributed by atoms with Gasteiger partial charge in [-0.1, -0.05) is 11.6 Å². The van der Waals surface area contributed by atoms with Gasteiger partial charge in [-0.3, -0.25) is 5.10 Å². The average molecular weight is 229 g/mol. The van der Waals surface area contributed by atoms with E-state index >= 15 is 0 Å². The van der Waals surface area contributed by atoms with Gasteiger partial charge in [-0.05, 0) is 31.0 Å². The molecule has 0 unspecified atom stereocenters. The third-order valence-electron chi connectivity index (χ3n) is 2.15. The maximum absolute atomic E-state index is 5.86. The number of H-pyrrole nitrogens is 1. The normalized spacial score (nSPS) is 11.0. The number of alkyl halides is 1. The lowest BCUT2D eigenvalue weighted by Gasteiger charge is -1.94. The van der Waals surface area contributed by atoms with Crippen LogP contribution in [0.15, 0.2) is 18.2 Å². The number of aryl methyl sites for hydroxylation is 1. The SMILES string of the molecule is ClCCCc1n[nH]c2cc(Cl)ccc12. The van der Waals surface area contributed by atoms with E-state index in [4.69, 9.17) is 23.2 Å². The highest BCUT2D eigenvalue weighted by Crippen LogP contribution is 2.20. The minimum Gasteiger partial charge on any atom is -0.277 e. The van der Waals surface area contributed by atoms with E-state index in [1.54, 1.807) is 0 Å². The van der Waals surface area contributed by atoms with E-state index in [2.05, 4.69) is 10.2 Å². The molecular weight excluding hydrogens is 219 g/mol. The largest absolute Gasteiger partial charge is 0.277 e. The van der Waals surface area contributed by atoms with Gasteiger partial charge in [-0.15, -0.1) is 11.6 Å². The highest BCUT2D eigenvalue weighted by atomic mass is 35.5. The van der Waals surface area contributed by atoms with E-state index < -0.39 is 0 Å². The first-order valence-electron chi connectivity index (χ1n) is 4.50. The molecule has 0 atom stereocenters. The van der Waals surface area contributed by atoms with E-state index in [1.807, 2.05) is 18.2 Å². The molecule has 0 radical (unpaired) electrons. The molecule has 0 fully saturated rings. The van der Waals surface area contributed by atoms with Gasteiger partial charge in [0.2, 0.25) is 0 Å². The second kappa shape index (κ2) is 4.20. The Labute approximate surface area is 92.2 Å². The van der Waals surface area contributed by atoms with Crippen LogP contribution in [-0.2, 0) is 6.42 Å². The standard InChI is InChI=1S/C10H10Cl2N2/c11-5-1-2-9-8-4-3-7(12)6-10(8)14-13-9/h3-4,6H,1-2,5H2,(H,13,14). The molecule has 4 heteroatoms. The molecule has 2 aromatic rings. The van der Waals surface area contributed by atoms with E-state index in [0.717, 1.165) is 34.5 Å². The fraction of sp³-hybridized carbons (Fsp3) is 0.300. The van der Waals surface area contributed by atoms with Crippen molar-refractivity contribution in [3.05, 3.63) is 28.9 Å². The van der Waals surface area contributed by atoms with Gasteiger partial charge in [0.05, 0.1) is 11.2 Å². The smallest absolute Gasteiger partial charge is 0.0701 e. The molecule has 0 bridgehead atoms. The molecule has 0 saturated carbocycles. The zero-order valence-corrected chi connectivity index (χ0v) is 9.07. The van der Waals surface area contributed by atoms with Gasteiger partial charge >= 0.3 is 0 Å². The van der Waals surface area contributed by atoms with Crippen LogP contribution in [0.2, 0.25) is 5.02 Å². The molecular formula is C10H10Cl2N2. The van der Waals surface area contributed by atoms with Crippen molar-refractivity contribution in [3.8, 4) is 0 Å². The number of benzene rings is 1. The van der Waals surface area contributed by atoms with E-state index in [9.17, 15) is 0 Å². The van der Waals surface area contributed by atoms with Crippen LogP contribution < -0.4 is 0 Å². The Morgan fingerprint density at radius 2 is 2.21 bits per heavy atom. The molecule has 0 aliphatic heterocycles. The highest BCUT2D eigenvalue weighted by Gasteiger charge is 2.04. The molecule has 2 nitrogen and oxygen atoms in total. The Morgan fingerprint density at radius 3 is 3.00 bits per heavy atom. The van der Waals surface area contributed by atoms with Gasteiger partial charge in [0, 0.05) is 16.3 Å². The summed E-state index contributed by atoms with van der Waals surface area (Å²) in [5.41, 5.74) is 2.05. The Morgan fingerprint density at radius 1 is 1.36 bits per heavy atom. The lowest BCUT2D eigenvalue weighted by atomic mass is 10.1. The third kappa shape index (κ3) is 1.86. The van der Waals surface area contributed by atoms with Gasteiger partial charge in [0.1, 0.15) is 0 Å². The first kappa shape index (κ1) is 9.81. The van der Waals surface area contributed by atoms with Crippen molar-refractivity contribution in [1.29, 1.82) is 0 Å². The summed E-state index contributed by atoms with van der Waals surface area (Å²) >= 11 is 11.5. The van der Waals surface area contributed by atoms with E-state index in [-0.39, 0.29) is 0 Å². The summed E-state index contributed by atoms with van der Waals surface area (Å²) in [6.45, 7) is 0. The number of aromatic amines is 1. The minimum atomic E-state index is 0.669. The quantitative estimate of drug-likeness (QED) is 0.803. The van der Waals surface area contributed by atoms with Crippen molar-refractivity contribution in [3.63, 3.8) is 0 Å². The molecule has 0 amide bonds. The van der Waals surface area contributed by atoms with Gasteiger partial charge in [0.15, 0.2) is 0 Å². The van der Waals surface area contributed by atoms with Crippen molar-refractivity contribution in [2.24, 2.45) is 0 Å². The monoisotopic (exact) mass is 228 g/mol. The zero-order valence-electron chi connectivity index (χ0n) is 7.56. The van der Waals surface area contributed by atoms with Crippen molar-refractivity contribution < 1.29 is 0 Å². The molecule has 0 aliphatic carbocycles. The lowest BCUT2D eigenvalue weighted by Crippen LogP contribution is -1.86. The van der Waals surface area contributed by atoms with Crippen LogP contribution in [0, 0.1) is 0 Å². The predicted octanol–water partition coefficient (Wildman–Crippen LogP) is 3.39. The Hall–Kier alpha value is -0.730. The van der Waals surface area contributed by atoms with Gasteiger partial charge in [-0.25, -0.2) is 0 Å². The molecule has 0 saturated heterocycles. The van der Waals surface area contributed by atoms with Crippen LogP contribution in [0.25, 0.3) is 10.9 Å². The second-order valence-corrected chi connectivity index (χ2v) is 3.97. The van der Waals surface area contributed by atoms with Gasteiger partial charge in [-0.2, -0.15) is 5.10 Å². The summed E-state index contributed by atoms with van der Waals surface area (Å²) < 4.78 is 0. The van der Waals surface area contributed by atoms with Crippen molar-refractivity contribution in [2.75, 3.05) is 5.88 Å². The maximum atomic E-state index is 5.86. The Balaban J connectivity index is 2.37. The lowest BCUT2D eigenvalue weighted by molar-refractivity contribution is 0.879. The Kier molecular flexibility index (Phi) is 2.94. The molecule has 1 heterocycles. The number of halogens is 2. The minimum absolute atomic E-state index is 0.669. The first-order chi connectivity index (χ1) is 6.81. The second-order valence-electron chi connectivity index (χ2n) is 3.15. The molecule has 1 N–H and O–H groups in total. The number of fused-ring (bicyclic) bond motifs is 1. The van der Waals surface area contributed by atoms with Crippen LogP contribution in [0.4, 0.5) is 0 Å². The molecule has 74 valence electrons. The van der Waals surface area contributed by atoms with Gasteiger partial charge in [0.25, 0.3) is 0 Å². The van der Waals surface area contributed by atoms with Crippen LogP contribution in [0.1, 0.15) is 12.1 Å². The number of nitrogens with zero attached hydrogens (tertiary/aromatic N) is 1. The number of hydrogen-bond acceptors (Lipinski definition) is 1. The number of nitrogens with one attached hydrogen (secondary N) is 1. The summed E-state index contributed by atoms with van der Waals surface area (Å²) in [6, 6.07) is 5.75. The van der Waals surface area contributed by atoms with Crippen LogP contribution in [0.3, 0.4) is 0 Å². The third-order valence-corrected chi connectivity index (χ3v) is 2.65. The fourth-order valence-corrected chi connectivity index (χ4v) is 1.78. The topological polar surface area (TPSA) is 28.7 Å². The van der Waals surface area contributed by atoms with Gasteiger partial charge < -0.3 is 0 Å². The van der Waals surface area contributed by atoms with E-state index in [1.165, 1.54) is 0 Å². The molecule has 2 rings (SSSR count). The van der Waals surface area contributed by atoms with Crippen molar-refractivity contribution in [2.45, 2.75) is 12.8 Å². The zero-order chi connectivity index (χ0) is 9.97. The molecule has 1 aromatic heterocycles. The summed E-state index contributed by atoms with van der Waals surface area (Å²) in [5.74, 6) is 0.669. The average Bonchev–Trinajstić information content (AvgIpc) is 2.57. The number of rotatable bonds is 3. The molecule has 1 aromatic carbocycles. The molecule has 0 aliphatic rings. The molecule has 0 spiro atoms. The number of aromatic nitrogens is 2. The van der Waals surface area contributed by atoms with Crippen molar-refractivity contribution in [1.82, 2.24) is 10.2 Å². The summed E-state index contributed by atoms with van der Waals surface area (Å²) in [7, 11) is 0. The summed E-state index contributed by atoms with van der Waals surface area (Å²) in [4.78, 5) is 0. The maximum Gasteiger partial charge on any atom is 0.0701 e. The molecule has 14 heavy (non-hydrogen) atoms.